The predicted molar refractivity (Wildman–Crippen MR) is 95.6 cm³/mol. The topological polar surface area (TPSA) is 79.8 Å². The summed E-state index contributed by atoms with van der Waals surface area (Å²) in [5.41, 5.74) is 3.24. The first-order chi connectivity index (χ1) is 12.7. The van der Waals surface area contributed by atoms with Gasteiger partial charge in [0, 0.05) is 11.5 Å². The van der Waals surface area contributed by atoms with Crippen molar-refractivity contribution in [2.24, 2.45) is 0 Å². The van der Waals surface area contributed by atoms with Gasteiger partial charge in [0.2, 0.25) is 5.75 Å². The van der Waals surface area contributed by atoms with Gasteiger partial charge in [-0.25, -0.2) is 0 Å². The van der Waals surface area contributed by atoms with E-state index in [0.29, 0.717) is 23.0 Å². The molecule has 2 aromatic carbocycles. The number of carbonyl (C=O) groups is 1. The number of esters is 1. The maximum Gasteiger partial charge on any atom is 0.312 e. The number of benzene rings is 2. The van der Waals surface area contributed by atoms with E-state index in [1.807, 2.05) is 18.2 Å². The monoisotopic (exact) mass is 372 g/mol. The Hall–Kier alpha value is -2.87. The molecule has 0 fully saturated rings. The molecule has 3 aromatic rings. The molecule has 0 N–H and O–H groups in total. The average Bonchev–Trinajstić information content (AvgIpc) is 3.14. The van der Waals surface area contributed by atoms with Crippen molar-refractivity contribution in [3.8, 4) is 23.0 Å². The van der Waals surface area contributed by atoms with E-state index in [-0.39, 0.29) is 18.3 Å². The lowest BCUT2D eigenvalue weighted by molar-refractivity contribution is -0.135. The molecule has 2 heterocycles. The zero-order chi connectivity index (χ0) is 18.3. The number of nitrogens with zero attached hydrogens (tertiary/aromatic N) is 2. The van der Waals surface area contributed by atoms with Crippen LogP contribution in [0.5, 0.6) is 23.0 Å². The molecular formula is C18H16N2O5S. The molecule has 0 aliphatic carbocycles. The van der Waals surface area contributed by atoms with E-state index < -0.39 is 0 Å². The zero-order valence-corrected chi connectivity index (χ0v) is 15.3. The minimum absolute atomic E-state index is 0.197. The summed E-state index contributed by atoms with van der Waals surface area (Å²) in [6, 6.07) is 7.28. The Morgan fingerprint density at radius 1 is 1.08 bits per heavy atom. The van der Waals surface area contributed by atoms with Crippen LogP contribution in [0.1, 0.15) is 23.5 Å². The van der Waals surface area contributed by atoms with Crippen LogP contribution in [0.15, 0.2) is 24.3 Å². The van der Waals surface area contributed by atoms with Crippen LogP contribution in [0.4, 0.5) is 0 Å². The van der Waals surface area contributed by atoms with Crippen molar-refractivity contribution >= 4 is 28.7 Å². The third-order valence-electron chi connectivity index (χ3n) is 4.46. The average molecular weight is 372 g/mol. The molecule has 0 saturated heterocycles. The quantitative estimate of drug-likeness (QED) is 0.514. The number of hydrogen-bond acceptors (Lipinski definition) is 8. The van der Waals surface area contributed by atoms with Gasteiger partial charge in [-0.2, -0.15) is 8.75 Å². The summed E-state index contributed by atoms with van der Waals surface area (Å²) >= 11 is 1.14. The Morgan fingerprint density at radius 3 is 2.46 bits per heavy atom. The van der Waals surface area contributed by atoms with Gasteiger partial charge in [-0.05, 0) is 29.8 Å². The first-order valence-electron chi connectivity index (χ1n) is 7.92. The maximum atomic E-state index is 12.2. The van der Waals surface area contributed by atoms with Gasteiger partial charge in [-0.15, -0.1) is 0 Å². The first kappa shape index (κ1) is 16.6. The molecular weight excluding hydrogens is 356 g/mol. The largest absolute Gasteiger partial charge is 0.493 e. The van der Waals surface area contributed by atoms with E-state index >= 15 is 0 Å². The van der Waals surface area contributed by atoms with Gasteiger partial charge in [0.05, 0.1) is 39.5 Å². The van der Waals surface area contributed by atoms with E-state index in [1.165, 1.54) is 0 Å². The molecule has 8 heteroatoms. The number of carbonyl (C=O) groups excluding carboxylic acids is 1. The number of methoxy groups -OCH3 is 3. The second-order valence-corrected chi connectivity index (χ2v) is 6.33. The fraction of sp³-hybridized carbons (Fsp3) is 0.278. The van der Waals surface area contributed by atoms with Crippen LogP contribution in [0.25, 0.3) is 11.0 Å². The Labute approximate surface area is 153 Å². The molecule has 1 unspecified atom stereocenters. The lowest BCUT2D eigenvalue weighted by Gasteiger charge is -2.26. The normalized spacial score (nSPS) is 16.1. The van der Waals surface area contributed by atoms with Gasteiger partial charge < -0.3 is 18.9 Å². The summed E-state index contributed by atoms with van der Waals surface area (Å²) < 4.78 is 30.4. The molecule has 26 heavy (non-hydrogen) atoms. The summed E-state index contributed by atoms with van der Waals surface area (Å²) in [7, 11) is 4.68. The molecule has 1 aliphatic heterocycles. The Balaban J connectivity index is 1.94. The molecule has 4 rings (SSSR count). The van der Waals surface area contributed by atoms with E-state index in [0.717, 1.165) is 33.9 Å². The molecule has 7 nitrogen and oxygen atoms in total. The number of aromatic nitrogens is 2. The second kappa shape index (κ2) is 6.45. The fourth-order valence-corrected chi connectivity index (χ4v) is 3.85. The van der Waals surface area contributed by atoms with Gasteiger partial charge in [-0.3, -0.25) is 4.79 Å². The van der Waals surface area contributed by atoms with Crippen LogP contribution in [0.3, 0.4) is 0 Å². The number of rotatable bonds is 4. The van der Waals surface area contributed by atoms with Crippen molar-refractivity contribution in [3.63, 3.8) is 0 Å². The van der Waals surface area contributed by atoms with E-state index in [1.54, 1.807) is 27.4 Å². The van der Waals surface area contributed by atoms with Gasteiger partial charge in [-0.1, -0.05) is 0 Å². The molecule has 0 radical (unpaired) electrons. The summed E-state index contributed by atoms with van der Waals surface area (Å²) in [6.45, 7) is 0. The van der Waals surface area contributed by atoms with Crippen molar-refractivity contribution in [1.82, 2.24) is 8.75 Å². The highest BCUT2D eigenvalue weighted by Gasteiger charge is 2.32. The minimum Gasteiger partial charge on any atom is -0.493 e. The lowest BCUT2D eigenvalue weighted by atomic mass is 9.85. The zero-order valence-electron chi connectivity index (χ0n) is 14.4. The van der Waals surface area contributed by atoms with Gasteiger partial charge in [0.25, 0.3) is 0 Å². The van der Waals surface area contributed by atoms with Crippen LogP contribution in [-0.4, -0.2) is 36.0 Å². The molecule has 0 amide bonds. The smallest absolute Gasteiger partial charge is 0.312 e. The molecule has 134 valence electrons. The third-order valence-corrected chi connectivity index (χ3v) is 5.00. The van der Waals surface area contributed by atoms with Gasteiger partial charge in [0.15, 0.2) is 11.5 Å². The summed E-state index contributed by atoms with van der Waals surface area (Å²) in [5, 5.41) is 0. The number of hydrogen-bond donors (Lipinski definition) is 0. The SMILES string of the molecule is COc1cc(C2CC(=O)Oc3ccc4nsnc4c32)cc(OC)c1OC. The summed E-state index contributed by atoms with van der Waals surface area (Å²) in [5.74, 6) is 1.55. The summed E-state index contributed by atoms with van der Waals surface area (Å²) in [4.78, 5) is 12.2. The predicted octanol–water partition coefficient (Wildman–Crippen LogP) is 3.16. The van der Waals surface area contributed by atoms with E-state index in [9.17, 15) is 4.79 Å². The van der Waals surface area contributed by atoms with Crippen molar-refractivity contribution < 1.29 is 23.7 Å². The van der Waals surface area contributed by atoms with Crippen molar-refractivity contribution in [3.05, 3.63) is 35.4 Å². The van der Waals surface area contributed by atoms with Crippen LogP contribution in [0, 0.1) is 0 Å². The lowest BCUT2D eigenvalue weighted by Crippen LogP contribution is -2.21. The van der Waals surface area contributed by atoms with Gasteiger partial charge >= 0.3 is 5.97 Å². The third kappa shape index (κ3) is 2.53. The van der Waals surface area contributed by atoms with Gasteiger partial charge in [0.1, 0.15) is 16.8 Å². The van der Waals surface area contributed by atoms with Crippen LogP contribution >= 0.6 is 11.7 Å². The van der Waals surface area contributed by atoms with Crippen molar-refractivity contribution in [1.29, 1.82) is 0 Å². The maximum absolute atomic E-state index is 12.2. The second-order valence-electron chi connectivity index (χ2n) is 5.80. The first-order valence-corrected chi connectivity index (χ1v) is 8.65. The minimum atomic E-state index is -0.293. The fourth-order valence-electron chi connectivity index (χ4n) is 3.30. The molecule has 1 aliphatic rings. The van der Waals surface area contributed by atoms with E-state index in [2.05, 4.69) is 8.75 Å². The highest BCUT2D eigenvalue weighted by Crippen LogP contribution is 2.46. The molecule has 1 atom stereocenters. The highest BCUT2D eigenvalue weighted by atomic mass is 32.1. The van der Waals surface area contributed by atoms with E-state index in [4.69, 9.17) is 18.9 Å². The van der Waals surface area contributed by atoms with Crippen LogP contribution in [-0.2, 0) is 4.79 Å². The van der Waals surface area contributed by atoms with Crippen LogP contribution in [0.2, 0.25) is 0 Å². The number of ether oxygens (including phenoxy) is 4. The number of fused-ring (bicyclic) bond motifs is 3. The molecule has 0 bridgehead atoms. The Bertz CT molecular complexity index is 975. The Morgan fingerprint density at radius 2 is 1.81 bits per heavy atom. The Kier molecular flexibility index (Phi) is 4.12. The standard InChI is InChI=1S/C18H16N2O5S/c1-22-13-6-9(7-14(23-2)18(13)24-3)10-8-15(21)25-12-5-4-11-17(16(10)12)20-26-19-11/h4-7,10H,8H2,1-3H3. The molecule has 0 spiro atoms. The van der Waals surface area contributed by atoms with Crippen LogP contribution < -0.4 is 18.9 Å². The van der Waals surface area contributed by atoms with Crippen molar-refractivity contribution in [2.75, 3.05) is 21.3 Å². The van der Waals surface area contributed by atoms with Crippen molar-refractivity contribution in [2.45, 2.75) is 12.3 Å². The summed E-state index contributed by atoms with van der Waals surface area (Å²) in [6.07, 6.45) is 0.197. The molecule has 1 aromatic heterocycles. The molecule has 0 saturated carbocycles. The highest BCUT2D eigenvalue weighted by molar-refractivity contribution is 7.00.